The van der Waals surface area contributed by atoms with Gasteiger partial charge in [-0.1, -0.05) is 0 Å². The van der Waals surface area contributed by atoms with Gasteiger partial charge in [-0.2, -0.15) is 5.10 Å². The molecule has 0 spiro atoms. The molecule has 0 aliphatic carbocycles. The van der Waals surface area contributed by atoms with Gasteiger partial charge in [0.2, 0.25) is 0 Å². The van der Waals surface area contributed by atoms with Gasteiger partial charge in [-0.25, -0.2) is 4.79 Å². The number of carbonyl (C=O) groups is 1. The molecule has 1 fully saturated rings. The van der Waals surface area contributed by atoms with Crippen molar-refractivity contribution in [2.24, 2.45) is 0 Å². The van der Waals surface area contributed by atoms with Crippen LogP contribution in [0.1, 0.15) is 32.0 Å². The number of hydrogen-bond donors (Lipinski definition) is 1. The van der Waals surface area contributed by atoms with Crippen LogP contribution in [0.15, 0.2) is 36.8 Å². The molecular formula is C18H25N5O2. The molecular weight excluding hydrogens is 318 g/mol. The molecule has 0 radical (unpaired) electrons. The predicted molar refractivity (Wildman–Crippen MR) is 94.6 cm³/mol. The highest BCUT2D eigenvalue weighted by Gasteiger charge is 2.27. The Morgan fingerprint density at radius 2 is 2.32 bits per heavy atom. The van der Waals surface area contributed by atoms with E-state index in [1.165, 1.54) is 0 Å². The van der Waals surface area contributed by atoms with E-state index in [0.29, 0.717) is 25.7 Å². The van der Waals surface area contributed by atoms with Crippen molar-refractivity contribution in [1.29, 1.82) is 0 Å². The summed E-state index contributed by atoms with van der Waals surface area (Å²) in [5, 5.41) is 7.45. The minimum Gasteiger partial charge on any atom is -0.487 e. The number of nitrogens with zero attached hydrogens (tertiary/aromatic N) is 4. The van der Waals surface area contributed by atoms with Crippen LogP contribution in [0.4, 0.5) is 4.79 Å². The first-order valence-corrected chi connectivity index (χ1v) is 8.75. The van der Waals surface area contributed by atoms with Crippen LogP contribution >= 0.6 is 0 Å². The number of pyridine rings is 1. The maximum absolute atomic E-state index is 12.3. The molecule has 0 unspecified atom stereocenters. The number of urea groups is 1. The standard InChI is InChI=1S/C18H25N5O2/c1-14(2)23-11-6-15(21-23)5-9-20-18(24)22-10-7-17(13-22)25-16-4-3-8-19-12-16/h3-4,6,8,11-12,14,17H,5,7,9-10,13H2,1-2H3,(H,20,24)/t17-/m0/s1. The molecule has 2 amide bonds. The number of hydrogen-bond acceptors (Lipinski definition) is 4. The van der Waals surface area contributed by atoms with Gasteiger partial charge in [0.15, 0.2) is 0 Å². The lowest BCUT2D eigenvalue weighted by molar-refractivity contribution is 0.186. The van der Waals surface area contributed by atoms with E-state index >= 15 is 0 Å². The Kier molecular flexibility index (Phi) is 5.53. The molecule has 3 heterocycles. The summed E-state index contributed by atoms with van der Waals surface area (Å²) in [5.74, 6) is 0.746. The zero-order valence-electron chi connectivity index (χ0n) is 14.8. The lowest BCUT2D eigenvalue weighted by atomic mass is 10.3. The van der Waals surface area contributed by atoms with Crippen molar-refractivity contribution in [2.45, 2.75) is 38.8 Å². The van der Waals surface area contributed by atoms with Crippen molar-refractivity contribution in [3.8, 4) is 5.75 Å². The van der Waals surface area contributed by atoms with E-state index in [9.17, 15) is 4.79 Å². The number of nitrogens with one attached hydrogen (secondary N) is 1. The number of aromatic nitrogens is 3. The van der Waals surface area contributed by atoms with Gasteiger partial charge in [0, 0.05) is 44.4 Å². The molecule has 0 saturated carbocycles. The van der Waals surface area contributed by atoms with Crippen molar-refractivity contribution >= 4 is 6.03 Å². The van der Waals surface area contributed by atoms with E-state index in [1.54, 1.807) is 17.3 Å². The molecule has 2 aromatic rings. The van der Waals surface area contributed by atoms with Crippen LogP contribution in [0.25, 0.3) is 0 Å². The van der Waals surface area contributed by atoms with E-state index in [4.69, 9.17) is 4.74 Å². The van der Waals surface area contributed by atoms with Crippen molar-refractivity contribution in [2.75, 3.05) is 19.6 Å². The number of rotatable bonds is 6. The van der Waals surface area contributed by atoms with Crippen LogP contribution < -0.4 is 10.1 Å². The Balaban J connectivity index is 1.40. The minimum atomic E-state index is -0.0411. The molecule has 7 nitrogen and oxygen atoms in total. The van der Waals surface area contributed by atoms with Crippen LogP contribution in [0.2, 0.25) is 0 Å². The monoisotopic (exact) mass is 343 g/mol. The Morgan fingerprint density at radius 3 is 3.04 bits per heavy atom. The quantitative estimate of drug-likeness (QED) is 0.873. The predicted octanol–water partition coefficient (Wildman–Crippen LogP) is 2.26. The van der Waals surface area contributed by atoms with Crippen molar-refractivity contribution in [3.63, 3.8) is 0 Å². The van der Waals surface area contributed by atoms with E-state index in [0.717, 1.165) is 24.3 Å². The van der Waals surface area contributed by atoms with Crippen LogP contribution in [-0.2, 0) is 6.42 Å². The van der Waals surface area contributed by atoms with Gasteiger partial charge in [-0.3, -0.25) is 9.67 Å². The fourth-order valence-corrected chi connectivity index (χ4v) is 2.83. The average molecular weight is 343 g/mol. The smallest absolute Gasteiger partial charge is 0.317 e. The molecule has 134 valence electrons. The Labute approximate surface area is 148 Å². The molecule has 3 rings (SSSR count). The van der Waals surface area contributed by atoms with Crippen LogP contribution in [-0.4, -0.2) is 51.4 Å². The van der Waals surface area contributed by atoms with Crippen LogP contribution in [0, 0.1) is 0 Å². The highest BCUT2D eigenvalue weighted by molar-refractivity contribution is 5.74. The second-order valence-electron chi connectivity index (χ2n) is 6.53. The summed E-state index contributed by atoms with van der Waals surface area (Å²) in [7, 11) is 0. The topological polar surface area (TPSA) is 72.3 Å². The van der Waals surface area contributed by atoms with Crippen molar-refractivity contribution < 1.29 is 9.53 Å². The second kappa shape index (κ2) is 8.00. The zero-order valence-corrected chi connectivity index (χ0v) is 14.8. The number of likely N-dealkylation sites (tertiary alicyclic amines) is 1. The average Bonchev–Trinajstić information content (AvgIpc) is 3.25. The van der Waals surface area contributed by atoms with E-state index in [1.807, 2.05) is 29.1 Å². The van der Waals surface area contributed by atoms with Gasteiger partial charge in [0.05, 0.1) is 18.4 Å². The summed E-state index contributed by atoms with van der Waals surface area (Å²) in [6.45, 7) is 6.08. The van der Waals surface area contributed by atoms with Crippen molar-refractivity contribution in [3.05, 3.63) is 42.5 Å². The molecule has 0 aromatic carbocycles. The van der Waals surface area contributed by atoms with E-state index < -0.39 is 0 Å². The van der Waals surface area contributed by atoms with Gasteiger partial charge in [0.25, 0.3) is 0 Å². The Hall–Kier alpha value is -2.57. The third-order valence-electron chi connectivity index (χ3n) is 4.22. The molecule has 1 aliphatic rings. The van der Waals surface area contributed by atoms with Gasteiger partial charge in [-0.05, 0) is 32.0 Å². The number of amides is 2. The normalized spacial score (nSPS) is 17.1. The molecule has 25 heavy (non-hydrogen) atoms. The van der Waals surface area contributed by atoms with Crippen molar-refractivity contribution in [1.82, 2.24) is 25.0 Å². The largest absolute Gasteiger partial charge is 0.487 e. The summed E-state index contributed by atoms with van der Waals surface area (Å²) < 4.78 is 7.79. The van der Waals surface area contributed by atoms with E-state index in [2.05, 4.69) is 29.2 Å². The van der Waals surface area contributed by atoms with Crippen LogP contribution in [0.3, 0.4) is 0 Å². The van der Waals surface area contributed by atoms with Gasteiger partial charge >= 0.3 is 6.03 Å². The Morgan fingerprint density at radius 1 is 1.44 bits per heavy atom. The maximum Gasteiger partial charge on any atom is 0.317 e. The maximum atomic E-state index is 12.3. The lowest BCUT2D eigenvalue weighted by Crippen LogP contribution is -2.40. The first kappa shape index (κ1) is 17.3. The summed E-state index contributed by atoms with van der Waals surface area (Å²) in [6.07, 6.45) is 6.97. The fraction of sp³-hybridized carbons (Fsp3) is 0.500. The third kappa shape index (κ3) is 4.71. The number of carbonyl (C=O) groups excluding carboxylic acids is 1. The number of ether oxygens (including phenoxy) is 1. The third-order valence-corrected chi connectivity index (χ3v) is 4.22. The summed E-state index contributed by atoms with van der Waals surface area (Å²) in [5.41, 5.74) is 0.994. The second-order valence-corrected chi connectivity index (χ2v) is 6.53. The first-order valence-electron chi connectivity index (χ1n) is 8.75. The molecule has 1 atom stereocenters. The summed E-state index contributed by atoms with van der Waals surface area (Å²) in [6, 6.07) is 6.03. The van der Waals surface area contributed by atoms with Crippen LogP contribution in [0.5, 0.6) is 5.75 Å². The van der Waals surface area contributed by atoms with Gasteiger partial charge in [-0.15, -0.1) is 0 Å². The molecule has 2 aromatic heterocycles. The Bertz CT molecular complexity index is 686. The lowest BCUT2D eigenvalue weighted by Gasteiger charge is -2.17. The summed E-state index contributed by atoms with van der Waals surface area (Å²) >= 11 is 0. The molecule has 1 N–H and O–H groups in total. The SMILES string of the molecule is CC(C)n1ccc(CCNC(=O)N2CC[C@H](Oc3cccnc3)C2)n1. The molecule has 0 bridgehead atoms. The highest BCUT2D eigenvalue weighted by atomic mass is 16.5. The molecule has 7 heteroatoms. The zero-order chi connectivity index (χ0) is 17.6. The van der Waals surface area contributed by atoms with E-state index in [-0.39, 0.29) is 12.1 Å². The summed E-state index contributed by atoms with van der Waals surface area (Å²) in [4.78, 5) is 18.1. The first-order chi connectivity index (χ1) is 12.1. The minimum absolute atomic E-state index is 0.0247. The highest BCUT2D eigenvalue weighted by Crippen LogP contribution is 2.17. The fourth-order valence-electron chi connectivity index (χ4n) is 2.83. The molecule has 1 aliphatic heterocycles. The van der Waals surface area contributed by atoms with Gasteiger partial charge in [0.1, 0.15) is 11.9 Å². The van der Waals surface area contributed by atoms with Gasteiger partial charge < -0.3 is 15.0 Å². The molecule has 1 saturated heterocycles.